The van der Waals surface area contributed by atoms with Crippen LogP contribution in [0.25, 0.3) is 0 Å². The molecule has 7 atom stereocenters. The number of methoxy groups -OCH3 is 1. The minimum Gasteiger partial charge on any atom is -0.390 e. The molecule has 0 spiro atoms. The second-order valence-electron chi connectivity index (χ2n) is 11.9. The summed E-state index contributed by atoms with van der Waals surface area (Å²) in [5, 5.41) is 20.3. The third-order valence-corrected chi connectivity index (χ3v) is 9.54. The van der Waals surface area contributed by atoms with Gasteiger partial charge in [0.2, 0.25) is 0 Å². The number of rotatable bonds is 8. The first-order valence-corrected chi connectivity index (χ1v) is 12.4. The predicted molar refractivity (Wildman–Crippen MR) is 122 cm³/mol. The Bertz CT molecular complexity index is 689. The van der Waals surface area contributed by atoms with E-state index in [-0.39, 0.29) is 17.6 Å². The standard InChI is InChI=1S/C27H44O3/c1-18-23(28)16-21-17-27(18,21)24(30-5)15-19-9-8-14-26(4)20(11-12-22(19)26)10-6-7-13-25(2,3)29/h15,20-24,28-29H,1,6-14,16-17H2,2-5H3/b19-15+/t20-,21-,22-,23+,24?,26+,27-/m0/s1. The number of unbranched alkanes of at least 4 members (excludes halogenated alkanes) is 1. The zero-order chi connectivity index (χ0) is 21.7. The number of allylic oxidation sites excluding steroid dienone is 1. The first-order valence-electron chi connectivity index (χ1n) is 12.4. The van der Waals surface area contributed by atoms with E-state index in [1.807, 2.05) is 21.0 Å². The fourth-order valence-electron chi connectivity index (χ4n) is 7.68. The van der Waals surface area contributed by atoms with Crippen molar-refractivity contribution in [2.24, 2.45) is 28.6 Å². The van der Waals surface area contributed by atoms with Crippen molar-refractivity contribution in [3.05, 3.63) is 23.8 Å². The van der Waals surface area contributed by atoms with E-state index in [2.05, 4.69) is 19.6 Å². The molecule has 0 bridgehead atoms. The Morgan fingerprint density at radius 1 is 1.30 bits per heavy atom. The molecule has 4 rings (SSSR count). The molecule has 0 aliphatic heterocycles. The Hall–Kier alpha value is -0.640. The lowest BCUT2D eigenvalue weighted by atomic mass is 9.62. The van der Waals surface area contributed by atoms with Gasteiger partial charge in [-0.1, -0.05) is 38.0 Å². The molecule has 0 aromatic carbocycles. The SMILES string of the molecule is C=C1[C@H](O)C[C@H]2C[C@]12C(/C=C1\CCC[C@]2(C)[C@@H](CCCCC(C)(C)O)CC[C@@H]12)OC. The number of ether oxygens (including phenoxy) is 1. The van der Waals surface area contributed by atoms with Crippen LogP contribution in [0.2, 0.25) is 0 Å². The van der Waals surface area contributed by atoms with Crippen LogP contribution in [-0.4, -0.2) is 35.1 Å². The molecule has 4 saturated carbocycles. The zero-order valence-corrected chi connectivity index (χ0v) is 19.8. The van der Waals surface area contributed by atoms with Crippen LogP contribution in [0.3, 0.4) is 0 Å². The molecule has 0 aromatic heterocycles. The smallest absolute Gasteiger partial charge is 0.0851 e. The van der Waals surface area contributed by atoms with Crippen molar-refractivity contribution in [3.8, 4) is 0 Å². The molecule has 1 unspecified atom stereocenters. The third kappa shape index (κ3) is 3.84. The van der Waals surface area contributed by atoms with Crippen molar-refractivity contribution in [1.29, 1.82) is 0 Å². The van der Waals surface area contributed by atoms with Crippen molar-refractivity contribution in [3.63, 3.8) is 0 Å². The van der Waals surface area contributed by atoms with Crippen LogP contribution in [0.4, 0.5) is 0 Å². The molecule has 2 N–H and O–H groups in total. The number of aliphatic hydroxyl groups is 2. The van der Waals surface area contributed by atoms with Crippen molar-refractivity contribution < 1.29 is 14.9 Å². The highest BCUT2D eigenvalue weighted by molar-refractivity contribution is 5.38. The van der Waals surface area contributed by atoms with Gasteiger partial charge in [0.05, 0.1) is 17.8 Å². The maximum absolute atomic E-state index is 10.3. The molecule has 4 aliphatic carbocycles. The Kier molecular flexibility index (Phi) is 6.05. The highest BCUT2D eigenvalue weighted by Crippen LogP contribution is 2.69. The molecule has 3 nitrogen and oxygen atoms in total. The van der Waals surface area contributed by atoms with Gasteiger partial charge >= 0.3 is 0 Å². The van der Waals surface area contributed by atoms with Gasteiger partial charge in [0.1, 0.15) is 0 Å². The molecule has 0 heterocycles. The maximum Gasteiger partial charge on any atom is 0.0851 e. The number of hydrogen-bond donors (Lipinski definition) is 2. The van der Waals surface area contributed by atoms with Gasteiger partial charge in [-0.15, -0.1) is 0 Å². The van der Waals surface area contributed by atoms with Crippen LogP contribution in [-0.2, 0) is 4.74 Å². The summed E-state index contributed by atoms with van der Waals surface area (Å²) in [5.74, 6) is 2.06. The number of fused-ring (bicyclic) bond motifs is 2. The number of hydrogen-bond acceptors (Lipinski definition) is 3. The van der Waals surface area contributed by atoms with E-state index in [1.54, 1.807) is 5.57 Å². The quantitative estimate of drug-likeness (QED) is 0.388. The molecule has 0 saturated heterocycles. The molecule has 0 radical (unpaired) electrons. The Morgan fingerprint density at radius 2 is 2.07 bits per heavy atom. The van der Waals surface area contributed by atoms with Gasteiger partial charge in [-0.25, -0.2) is 0 Å². The summed E-state index contributed by atoms with van der Waals surface area (Å²) in [6.07, 6.45) is 15.3. The Balaban J connectivity index is 1.44. The van der Waals surface area contributed by atoms with Crippen LogP contribution in [0.1, 0.15) is 91.4 Å². The maximum atomic E-state index is 10.3. The summed E-state index contributed by atoms with van der Waals surface area (Å²) in [5.41, 5.74) is 2.54. The van der Waals surface area contributed by atoms with Crippen molar-refractivity contribution in [2.75, 3.05) is 7.11 Å². The molecule has 170 valence electrons. The average molecular weight is 417 g/mol. The average Bonchev–Trinajstić information content (AvgIpc) is 3.20. The van der Waals surface area contributed by atoms with Crippen LogP contribution in [0.15, 0.2) is 23.8 Å². The molecule has 4 fully saturated rings. The van der Waals surface area contributed by atoms with Crippen molar-refractivity contribution >= 4 is 0 Å². The topological polar surface area (TPSA) is 49.7 Å². The zero-order valence-electron chi connectivity index (χ0n) is 19.8. The lowest BCUT2D eigenvalue weighted by Gasteiger charge is -2.43. The molecular weight excluding hydrogens is 372 g/mol. The van der Waals surface area contributed by atoms with Gasteiger partial charge in [0, 0.05) is 12.5 Å². The number of aliphatic hydroxyl groups excluding tert-OH is 1. The summed E-state index contributed by atoms with van der Waals surface area (Å²) < 4.78 is 6.05. The highest BCUT2D eigenvalue weighted by Gasteiger charge is 2.66. The fourth-order valence-corrected chi connectivity index (χ4v) is 7.68. The van der Waals surface area contributed by atoms with Crippen LogP contribution in [0.5, 0.6) is 0 Å². The van der Waals surface area contributed by atoms with E-state index >= 15 is 0 Å². The van der Waals surface area contributed by atoms with E-state index in [4.69, 9.17) is 4.74 Å². The second kappa shape index (κ2) is 8.05. The summed E-state index contributed by atoms with van der Waals surface area (Å²) in [7, 11) is 1.84. The third-order valence-electron chi connectivity index (χ3n) is 9.54. The molecule has 0 amide bonds. The minimum atomic E-state index is -0.532. The predicted octanol–water partition coefficient (Wildman–Crippen LogP) is 5.80. The van der Waals surface area contributed by atoms with E-state index < -0.39 is 5.60 Å². The first kappa shape index (κ1) is 22.6. The minimum absolute atomic E-state index is 0.00409. The summed E-state index contributed by atoms with van der Waals surface area (Å²) in [4.78, 5) is 0. The first-order chi connectivity index (χ1) is 14.1. The van der Waals surface area contributed by atoms with Crippen LogP contribution >= 0.6 is 0 Å². The van der Waals surface area contributed by atoms with Gasteiger partial charge in [-0.3, -0.25) is 0 Å². The van der Waals surface area contributed by atoms with E-state index in [1.165, 1.54) is 44.9 Å². The molecular formula is C27H44O3. The van der Waals surface area contributed by atoms with Gasteiger partial charge in [0.15, 0.2) is 0 Å². The summed E-state index contributed by atoms with van der Waals surface area (Å²) in [6.45, 7) is 10.7. The monoisotopic (exact) mass is 416 g/mol. The van der Waals surface area contributed by atoms with Crippen LogP contribution < -0.4 is 0 Å². The van der Waals surface area contributed by atoms with E-state index in [0.29, 0.717) is 17.3 Å². The highest BCUT2D eigenvalue weighted by atomic mass is 16.5. The second-order valence-corrected chi connectivity index (χ2v) is 11.9. The summed E-state index contributed by atoms with van der Waals surface area (Å²) >= 11 is 0. The van der Waals surface area contributed by atoms with Gasteiger partial charge in [0.25, 0.3) is 0 Å². The lowest BCUT2D eigenvalue weighted by molar-refractivity contribution is 0.0657. The normalized spacial score (nSPS) is 43.0. The van der Waals surface area contributed by atoms with E-state index in [9.17, 15) is 10.2 Å². The molecule has 3 heteroatoms. The Labute approximate surface area is 184 Å². The van der Waals surface area contributed by atoms with E-state index in [0.717, 1.165) is 37.2 Å². The summed E-state index contributed by atoms with van der Waals surface area (Å²) in [6, 6.07) is 0. The Morgan fingerprint density at radius 3 is 2.70 bits per heavy atom. The fraction of sp³-hybridized carbons (Fsp3) is 0.852. The van der Waals surface area contributed by atoms with Gasteiger partial charge in [-0.2, -0.15) is 0 Å². The molecule has 0 aromatic rings. The van der Waals surface area contributed by atoms with Gasteiger partial charge < -0.3 is 14.9 Å². The lowest BCUT2D eigenvalue weighted by Crippen LogP contribution is -2.34. The van der Waals surface area contributed by atoms with Crippen molar-refractivity contribution in [2.45, 2.75) is 109 Å². The molecule has 4 aliphatic rings. The van der Waals surface area contributed by atoms with Crippen molar-refractivity contribution in [1.82, 2.24) is 0 Å². The molecule has 30 heavy (non-hydrogen) atoms. The van der Waals surface area contributed by atoms with Gasteiger partial charge in [-0.05, 0) is 100 Å². The largest absolute Gasteiger partial charge is 0.390 e. The van der Waals surface area contributed by atoms with Crippen LogP contribution in [0, 0.1) is 28.6 Å².